The van der Waals surface area contributed by atoms with Gasteiger partial charge in [0.25, 0.3) is 0 Å². The summed E-state index contributed by atoms with van der Waals surface area (Å²) in [5.41, 5.74) is 2.89. The molecule has 0 aliphatic carbocycles. The molecule has 1 heterocycles. The van der Waals surface area contributed by atoms with Crippen molar-refractivity contribution in [1.82, 2.24) is 10.2 Å². The van der Waals surface area contributed by atoms with E-state index in [-0.39, 0.29) is 0 Å². The van der Waals surface area contributed by atoms with Crippen molar-refractivity contribution in [3.05, 3.63) is 35.4 Å². The highest BCUT2D eigenvalue weighted by Gasteiger charge is 2.29. The van der Waals surface area contributed by atoms with Gasteiger partial charge >= 0.3 is 0 Å². The van der Waals surface area contributed by atoms with Gasteiger partial charge in [-0.05, 0) is 37.3 Å². The van der Waals surface area contributed by atoms with Gasteiger partial charge in [-0.25, -0.2) is 0 Å². The van der Waals surface area contributed by atoms with E-state index in [0.717, 1.165) is 13.0 Å². The molecule has 0 amide bonds. The molecule has 0 saturated carbocycles. The number of hydrogen-bond donors (Lipinski definition) is 1. The summed E-state index contributed by atoms with van der Waals surface area (Å²) in [6.45, 7) is 11.5. The zero-order valence-corrected chi connectivity index (χ0v) is 13.5. The van der Waals surface area contributed by atoms with Crippen LogP contribution < -0.4 is 5.32 Å². The van der Waals surface area contributed by atoms with E-state index in [1.807, 2.05) is 0 Å². The maximum absolute atomic E-state index is 3.68. The summed E-state index contributed by atoms with van der Waals surface area (Å²) >= 11 is 0. The molecule has 0 bridgehead atoms. The molecular weight excluding hydrogens is 244 g/mol. The lowest BCUT2D eigenvalue weighted by Crippen LogP contribution is -2.56. The minimum absolute atomic E-state index is 0.516. The van der Waals surface area contributed by atoms with Gasteiger partial charge in [-0.15, -0.1) is 0 Å². The predicted molar refractivity (Wildman–Crippen MR) is 87.1 cm³/mol. The van der Waals surface area contributed by atoms with E-state index in [0.29, 0.717) is 18.1 Å². The van der Waals surface area contributed by atoms with Crippen molar-refractivity contribution >= 4 is 0 Å². The molecule has 112 valence electrons. The molecular formula is C18H30N2. The summed E-state index contributed by atoms with van der Waals surface area (Å²) in [6, 6.07) is 11.0. The van der Waals surface area contributed by atoms with E-state index in [2.05, 4.69) is 62.2 Å². The van der Waals surface area contributed by atoms with Crippen molar-refractivity contribution in [2.45, 2.75) is 65.1 Å². The van der Waals surface area contributed by atoms with Gasteiger partial charge in [-0.1, -0.05) is 45.0 Å². The van der Waals surface area contributed by atoms with E-state index < -0.39 is 0 Å². The average molecular weight is 274 g/mol. The fourth-order valence-electron chi connectivity index (χ4n) is 3.24. The van der Waals surface area contributed by atoms with Gasteiger partial charge in [0.2, 0.25) is 0 Å². The first-order chi connectivity index (χ1) is 9.69. The molecule has 1 aliphatic rings. The minimum atomic E-state index is 0.516. The standard InChI is InChI=1S/C18H30N2/c1-5-15-8-10-16(11-9-15)14(4)20-13-17(6-2)19-12-18(20)7-3/h8-11,14,17-19H,5-7,12-13H2,1-4H3. The van der Waals surface area contributed by atoms with Crippen molar-refractivity contribution in [2.24, 2.45) is 0 Å². The van der Waals surface area contributed by atoms with Gasteiger partial charge in [-0.3, -0.25) is 4.90 Å². The molecule has 2 nitrogen and oxygen atoms in total. The molecule has 20 heavy (non-hydrogen) atoms. The first-order valence-corrected chi connectivity index (χ1v) is 8.27. The van der Waals surface area contributed by atoms with E-state index in [9.17, 15) is 0 Å². The first kappa shape index (κ1) is 15.5. The van der Waals surface area contributed by atoms with Crippen LogP contribution in [0.3, 0.4) is 0 Å². The Labute approximate surface area is 124 Å². The Morgan fingerprint density at radius 2 is 1.85 bits per heavy atom. The zero-order valence-electron chi connectivity index (χ0n) is 13.5. The first-order valence-electron chi connectivity index (χ1n) is 8.27. The third-order valence-corrected chi connectivity index (χ3v) is 4.87. The monoisotopic (exact) mass is 274 g/mol. The molecule has 1 aliphatic heterocycles. The predicted octanol–water partition coefficient (Wildman–Crippen LogP) is 3.77. The van der Waals surface area contributed by atoms with Crippen LogP contribution >= 0.6 is 0 Å². The summed E-state index contributed by atoms with van der Waals surface area (Å²) < 4.78 is 0. The van der Waals surface area contributed by atoms with Gasteiger partial charge in [0, 0.05) is 31.2 Å². The van der Waals surface area contributed by atoms with Crippen molar-refractivity contribution in [3.8, 4) is 0 Å². The molecule has 0 radical (unpaired) electrons. The second kappa shape index (κ2) is 7.24. The highest BCUT2D eigenvalue weighted by molar-refractivity contribution is 5.25. The number of hydrogen-bond acceptors (Lipinski definition) is 2. The molecule has 1 N–H and O–H groups in total. The van der Waals surface area contributed by atoms with Crippen LogP contribution in [0.15, 0.2) is 24.3 Å². The van der Waals surface area contributed by atoms with E-state index >= 15 is 0 Å². The van der Waals surface area contributed by atoms with Crippen LogP contribution in [0.25, 0.3) is 0 Å². The number of benzene rings is 1. The Balaban J connectivity index is 2.12. The SMILES string of the molecule is CCc1ccc(C(C)N2CC(CC)NCC2CC)cc1. The van der Waals surface area contributed by atoms with Gasteiger partial charge < -0.3 is 5.32 Å². The van der Waals surface area contributed by atoms with E-state index in [1.54, 1.807) is 0 Å². The molecule has 1 aromatic rings. The summed E-state index contributed by atoms with van der Waals surface area (Å²) in [4.78, 5) is 2.70. The third kappa shape index (κ3) is 3.42. The minimum Gasteiger partial charge on any atom is -0.311 e. The third-order valence-electron chi connectivity index (χ3n) is 4.87. The zero-order chi connectivity index (χ0) is 14.5. The second-order valence-corrected chi connectivity index (χ2v) is 6.04. The Morgan fingerprint density at radius 3 is 2.40 bits per heavy atom. The molecule has 2 heteroatoms. The van der Waals surface area contributed by atoms with Gasteiger partial charge in [0.05, 0.1) is 0 Å². The normalized spacial score (nSPS) is 25.6. The van der Waals surface area contributed by atoms with Crippen molar-refractivity contribution in [3.63, 3.8) is 0 Å². The van der Waals surface area contributed by atoms with Crippen LogP contribution in [0, 0.1) is 0 Å². The van der Waals surface area contributed by atoms with Crippen LogP contribution in [0.4, 0.5) is 0 Å². The Morgan fingerprint density at radius 1 is 1.15 bits per heavy atom. The summed E-state index contributed by atoms with van der Waals surface area (Å²) in [5, 5.41) is 3.68. The Bertz CT molecular complexity index is 398. The van der Waals surface area contributed by atoms with Gasteiger partial charge in [-0.2, -0.15) is 0 Å². The number of rotatable bonds is 5. The fraction of sp³-hybridized carbons (Fsp3) is 0.667. The van der Waals surface area contributed by atoms with E-state index in [4.69, 9.17) is 0 Å². The largest absolute Gasteiger partial charge is 0.311 e. The Hall–Kier alpha value is -0.860. The summed E-state index contributed by atoms with van der Waals surface area (Å²) in [5.74, 6) is 0. The number of piperazine rings is 1. The van der Waals surface area contributed by atoms with Crippen LogP contribution in [0.1, 0.15) is 57.7 Å². The highest BCUT2D eigenvalue weighted by atomic mass is 15.2. The Kier molecular flexibility index (Phi) is 5.62. The van der Waals surface area contributed by atoms with Crippen LogP contribution in [0.2, 0.25) is 0 Å². The highest BCUT2D eigenvalue weighted by Crippen LogP contribution is 2.26. The topological polar surface area (TPSA) is 15.3 Å². The molecule has 1 fully saturated rings. The lowest BCUT2D eigenvalue weighted by atomic mass is 9.98. The smallest absolute Gasteiger partial charge is 0.0324 e. The number of aryl methyl sites for hydroxylation is 1. The quantitative estimate of drug-likeness (QED) is 0.879. The fourth-order valence-corrected chi connectivity index (χ4v) is 3.24. The van der Waals surface area contributed by atoms with Crippen molar-refractivity contribution in [2.75, 3.05) is 13.1 Å². The second-order valence-electron chi connectivity index (χ2n) is 6.04. The van der Waals surface area contributed by atoms with Gasteiger partial charge in [0.1, 0.15) is 0 Å². The average Bonchev–Trinajstić information content (AvgIpc) is 2.53. The van der Waals surface area contributed by atoms with Crippen LogP contribution in [-0.2, 0) is 6.42 Å². The van der Waals surface area contributed by atoms with Crippen molar-refractivity contribution < 1.29 is 0 Å². The van der Waals surface area contributed by atoms with Crippen molar-refractivity contribution in [1.29, 1.82) is 0 Å². The summed E-state index contributed by atoms with van der Waals surface area (Å²) in [6.07, 6.45) is 3.56. The number of nitrogens with one attached hydrogen (secondary N) is 1. The van der Waals surface area contributed by atoms with Gasteiger partial charge in [0.15, 0.2) is 0 Å². The lowest BCUT2D eigenvalue weighted by Gasteiger charge is -2.43. The number of nitrogens with zero attached hydrogens (tertiary/aromatic N) is 1. The summed E-state index contributed by atoms with van der Waals surface area (Å²) in [7, 11) is 0. The van der Waals surface area contributed by atoms with Crippen LogP contribution in [-0.4, -0.2) is 30.1 Å². The molecule has 2 rings (SSSR count). The lowest BCUT2D eigenvalue weighted by molar-refractivity contribution is 0.0850. The molecule has 3 atom stereocenters. The van der Waals surface area contributed by atoms with E-state index in [1.165, 1.54) is 30.5 Å². The maximum Gasteiger partial charge on any atom is 0.0324 e. The molecule has 3 unspecified atom stereocenters. The molecule has 0 aromatic heterocycles. The molecule has 1 aromatic carbocycles. The molecule has 1 saturated heterocycles. The maximum atomic E-state index is 3.68. The van der Waals surface area contributed by atoms with Crippen LogP contribution in [0.5, 0.6) is 0 Å². The molecule has 0 spiro atoms.